The quantitative estimate of drug-likeness (QED) is 0.150. The van der Waals surface area contributed by atoms with Crippen molar-refractivity contribution in [2.75, 3.05) is 26.7 Å². The first-order valence-electron chi connectivity index (χ1n) is 14.0. The Morgan fingerprint density at radius 3 is 1.91 bits per heavy atom. The van der Waals surface area contributed by atoms with Crippen LogP contribution in [0.15, 0.2) is 0 Å². The van der Waals surface area contributed by atoms with Gasteiger partial charge in [-0.1, -0.05) is 78.1 Å². The number of rotatable bonds is 20. The third kappa shape index (κ3) is 20.1. The molecule has 0 fully saturated rings. The van der Waals surface area contributed by atoms with E-state index in [4.69, 9.17) is 9.47 Å². The van der Waals surface area contributed by atoms with Crippen LogP contribution < -0.4 is 5.32 Å². The monoisotopic (exact) mass is 498 g/mol. The summed E-state index contributed by atoms with van der Waals surface area (Å²) < 4.78 is 10.5. The highest BCUT2D eigenvalue weighted by molar-refractivity contribution is 5.83. The number of nitrogens with one attached hydrogen (secondary N) is 1. The Balaban J connectivity index is 4.29. The van der Waals surface area contributed by atoms with Gasteiger partial charge in [0, 0.05) is 19.5 Å². The van der Waals surface area contributed by atoms with Crippen LogP contribution in [-0.4, -0.2) is 55.2 Å². The Hall–Kier alpha value is -1.79. The SMILES string of the molecule is CCCCCCCCC(CCCCCC)C(=O)N(C)CC(=O)OCCCCNC(=O)OC(C)(C)C. The standard InChI is InChI=1S/C28H54N2O5/c1-7-9-11-13-14-16-20-24(19-15-12-10-8-2)26(32)30(6)23-25(31)34-22-18-17-21-29-27(33)35-28(3,4)5/h24H,7-23H2,1-6H3,(H,29,33). The van der Waals surface area contributed by atoms with E-state index in [-0.39, 0.29) is 30.9 Å². The van der Waals surface area contributed by atoms with E-state index in [2.05, 4.69) is 19.2 Å². The summed E-state index contributed by atoms with van der Waals surface area (Å²) in [6.45, 7) is 10.6. The third-order valence-corrected chi connectivity index (χ3v) is 5.91. The molecule has 0 saturated carbocycles. The average Bonchev–Trinajstić information content (AvgIpc) is 2.78. The number of carbonyl (C=O) groups is 3. The van der Waals surface area contributed by atoms with Crippen LogP contribution in [0, 0.1) is 5.92 Å². The summed E-state index contributed by atoms with van der Waals surface area (Å²) in [5.74, 6) is -0.325. The molecular weight excluding hydrogens is 444 g/mol. The van der Waals surface area contributed by atoms with Gasteiger partial charge < -0.3 is 19.7 Å². The molecule has 0 aliphatic heterocycles. The fraction of sp³-hybridized carbons (Fsp3) is 0.893. The number of hydrogen-bond acceptors (Lipinski definition) is 5. The number of nitrogens with zero attached hydrogens (tertiary/aromatic N) is 1. The highest BCUT2D eigenvalue weighted by atomic mass is 16.6. The normalized spacial score (nSPS) is 12.2. The topological polar surface area (TPSA) is 84.9 Å². The first kappa shape index (κ1) is 33.2. The lowest BCUT2D eigenvalue weighted by Gasteiger charge is -2.23. The zero-order valence-electron chi connectivity index (χ0n) is 23.6. The molecule has 1 unspecified atom stereocenters. The number of esters is 1. The van der Waals surface area contributed by atoms with Gasteiger partial charge in [0.25, 0.3) is 0 Å². The second kappa shape index (κ2) is 20.4. The number of carbonyl (C=O) groups excluding carboxylic acids is 3. The second-order valence-corrected chi connectivity index (χ2v) is 10.7. The van der Waals surface area contributed by atoms with Crippen LogP contribution in [0.3, 0.4) is 0 Å². The van der Waals surface area contributed by atoms with E-state index >= 15 is 0 Å². The van der Waals surface area contributed by atoms with Gasteiger partial charge in [-0.2, -0.15) is 0 Å². The molecule has 0 radical (unpaired) electrons. The van der Waals surface area contributed by atoms with Crippen molar-refractivity contribution in [3.8, 4) is 0 Å². The number of hydrogen-bond donors (Lipinski definition) is 1. The summed E-state index contributed by atoms with van der Waals surface area (Å²) in [6.07, 6.45) is 14.6. The summed E-state index contributed by atoms with van der Waals surface area (Å²) >= 11 is 0. The fourth-order valence-corrected chi connectivity index (χ4v) is 3.93. The molecule has 7 nitrogen and oxygen atoms in total. The van der Waals surface area contributed by atoms with E-state index in [0.717, 1.165) is 32.1 Å². The van der Waals surface area contributed by atoms with Crippen molar-refractivity contribution in [2.45, 2.75) is 130 Å². The predicted octanol–water partition coefficient (Wildman–Crippen LogP) is 6.63. The van der Waals surface area contributed by atoms with E-state index < -0.39 is 11.7 Å². The third-order valence-electron chi connectivity index (χ3n) is 5.91. The van der Waals surface area contributed by atoms with E-state index in [1.54, 1.807) is 7.05 Å². The molecule has 0 heterocycles. The lowest BCUT2D eigenvalue weighted by Crippen LogP contribution is -2.37. The minimum atomic E-state index is -0.522. The maximum Gasteiger partial charge on any atom is 0.407 e. The van der Waals surface area contributed by atoms with Gasteiger partial charge in [0.05, 0.1) is 6.61 Å². The first-order valence-corrected chi connectivity index (χ1v) is 14.0. The van der Waals surface area contributed by atoms with Crippen LogP contribution >= 0.6 is 0 Å². The van der Waals surface area contributed by atoms with E-state index in [1.165, 1.54) is 49.8 Å². The van der Waals surface area contributed by atoms with Crippen molar-refractivity contribution in [1.82, 2.24) is 10.2 Å². The molecule has 0 spiro atoms. The number of amides is 2. The lowest BCUT2D eigenvalue weighted by atomic mass is 9.93. The van der Waals surface area contributed by atoms with Crippen LogP contribution in [0.25, 0.3) is 0 Å². The summed E-state index contributed by atoms with van der Waals surface area (Å²) in [6, 6.07) is 0. The maximum atomic E-state index is 13.1. The van der Waals surface area contributed by atoms with E-state index in [9.17, 15) is 14.4 Å². The van der Waals surface area contributed by atoms with Crippen LogP contribution in [0.5, 0.6) is 0 Å². The smallest absolute Gasteiger partial charge is 0.407 e. The molecule has 2 amide bonds. The van der Waals surface area contributed by atoms with Gasteiger partial charge in [-0.3, -0.25) is 9.59 Å². The largest absolute Gasteiger partial charge is 0.464 e. The molecule has 206 valence electrons. The van der Waals surface area contributed by atoms with Gasteiger partial charge in [0.1, 0.15) is 12.1 Å². The summed E-state index contributed by atoms with van der Waals surface area (Å²) in [7, 11) is 1.70. The molecule has 0 aromatic carbocycles. The minimum Gasteiger partial charge on any atom is -0.464 e. The molecule has 35 heavy (non-hydrogen) atoms. The van der Waals surface area contributed by atoms with Crippen molar-refractivity contribution in [2.24, 2.45) is 5.92 Å². The van der Waals surface area contributed by atoms with Gasteiger partial charge >= 0.3 is 12.1 Å². The van der Waals surface area contributed by atoms with Crippen molar-refractivity contribution >= 4 is 18.0 Å². The van der Waals surface area contributed by atoms with Crippen molar-refractivity contribution < 1.29 is 23.9 Å². The van der Waals surface area contributed by atoms with Gasteiger partial charge in [-0.25, -0.2) is 4.79 Å². The zero-order chi connectivity index (χ0) is 26.5. The molecule has 0 aromatic heterocycles. The first-order chi connectivity index (χ1) is 16.6. The number of unbranched alkanes of at least 4 members (excludes halogenated alkanes) is 9. The summed E-state index contributed by atoms with van der Waals surface area (Å²) in [5.41, 5.74) is -0.522. The highest BCUT2D eigenvalue weighted by Gasteiger charge is 2.23. The van der Waals surface area contributed by atoms with Crippen molar-refractivity contribution in [3.05, 3.63) is 0 Å². The number of likely N-dealkylation sites (N-methyl/N-ethyl adjacent to an activating group) is 1. The van der Waals surface area contributed by atoms with Gasteiger partial charge in [0.2, 0.25) is 5.91 Å². The van der Waals surface area contributed by atoms with Crippen molar-refractivity contribution in [1.29, 1.82) is 0 Å². The molecule has 7 heteroatoms. The van der Waals surface area contributed by atoms with Crippen LogP contribution in [-0.2, 0) is 19.1 Å². The number of alkyl carbamates (subject to hydrolysis) is 1. The molecule has 0 bridgehead atoms. The molecule has 0 saturated heterocycles. The average molecular weight is 499 g/mol. The van der Waals surface area contributed by atoms with E-state index in [1.807, 2.05) is 20.8 Å². The molecule has 0 aliphatic rings. The maximum absolute atomic E-state index is 13.1. The second-order valence-electron chi connectivity index (χ2n) is 10.7. The van der Waals surface area contributed by atoms with Gasteiger partial charge in [-0.05, 0) is 46.5 Å². The Morgan fingerprint density at radius 2 is 1.34 bits per heavy atom. The molecule has 0 aliphatic carbocycles. The molecule has 1 atom stereocenters. The fourth-order valence-electron chi connectivity index (χ4n) is 3.93. The minimum absolute atomic E-state index is 0.00485. The summed E-state index contributed by atoms with van der Waals surface area (Å²) in [4.78, 5) is 38.4. The van der Waals surface area contributed by atoms with Crippen LogP contribution in [0.4, 0.5) is 4.79 Å². The van der Waals surface area contributed by atoms with E-state index in [0.29, 0.717) is 19.4 Å². The van der Waals surface area contributed by atoms with Gasteiger partial charge in [0.15, 0.2) is 0 Å². The Bertz CT molecular complexity index is 574. The molecular formula is C28H54N2O5. The van der Waals surface area contributed by atoms with Crippen LogP contribution in [0.1, 0.15) is 125 Å². The van der Waals surface area contributed by atoms with Gasteiger partial charge in [-0.15, -0.1) is 0 Å². The van der Waals surface area contributed by atoms with Crippen LogP contribution in [0.2, 0.25) is 0 Å². The zero-order valence-corrected chi connectivity index (χ0v) is 23.6. The Kier molecular flexibility index (Phi) is 19.4. The summed E-state index contributed by atoms with van der Waals surface area (Å²) in [5, 5.41) is 2.69. The number of ether oxygens (including phenoxy) is 2. The Morgan fingerprint density at radius 1 is 0.800 bits per heavy atom. The molecule has 0 aromatic rings. The lowest BCUT2D eigenvalue weighted by molar-refractivity contribution is -0.150. The Labute approximate surface area is 215 Å². The van der Waals surface area contributed by atoms with Crippen molar-refractivity contribution in [3.63, 3.8) is 0 Å². The predicted molar refractivity (Wildman–Crippen MR) is 142 cm³/mol. The highest BCUT2D eigenvalue weighted by Crippen LogP contribution is 2.21. The molecule has 1 N–H and O–H groups in total. The molecule has 0 rings (SSSR count).